The van der Waals surface area contributed by atoms with Crippen LogP contribution in [0.3, 0.4) is 0 Å². The molecule has 0 unspecified atom stereocenters. The van der Waals surface area contributed by atoms with Gasteiger partial charge < -0.3 is 4.90 Å². The fourth-order valence-corrected chi connectivity index (χ4v) is 2.61. The molecule has 2 nitrogen and oxygen atoms in total. The summed E-state index contributed by atoms with van der Waals surface area (Å²) < 4.78 is 0. The first-order valence-corrected chi connectivity index (χ1v) is 8.51. The van der Waals surface area contributed by atoms with Crippen molar-refractivity contribution in [3.8, 4) is 0 Å². The number of hydrogen-bond acceptors (Lipinski definition) is 1. The van der Waals surface area contributed by atoms with Gasteiger partial charge >= 0.3 is 0 Å². The largest absolute Gasteiger partial charge is 0.342 e. The molecule has 1 aliphatic rings. The second kappa shape index (κ2) is 11.8. The number of unbranched alkanes of at least 4 members (excludes halogenated alkanes) is 7. The number of rotatable bonds is 10. The number of carbonyl (C=O) groups excluding carboxylic acids is 1. The molecule has 0 bridgehead atoms. The van der Waals surface area contributed by atoms with Crippen molar-refractivity contribution >= 4 is 5.91 Å². The highest BCUT2D eigenvalue weighted by Gasteiger charge is 2.15. The van der Waals surface area contributed by atoms with Gasteiger partial charge in [-0.2, -0.15) is 0 Å². The van der Waals surface area contributed by atoms with Crippen molar-refractivity contribution in [1.82, 2.24) is 4.90 Å². The lowest BCUT2D eigenvalue weighted by Gasteiger charge is -2.12. The molecule has 0 aromatic heterocycles. The van der Waals surface area contributed by atoms with Crippen LogP contribution in [-0.4, -0.2) is 23.9 Å². The Kier molecular flexibility index (Phi) is 10.0. The molecule has 1 heterocycles. The van der Waals surface area contributed by atoms with Crippen LogP contribution in [0.25, 0.3) is 0 Å². The molecule has 1 rings (SSSR count). The van der Waals surface area contributed by atoms with E-state index in [1.54, 1.807) is 0 Å². The molecule has 1 saturated heterocycles. The number of amides is 1. The van der Waals surface area contributed by atoms with E-state index in [2.05, 4.69) is 18.7 Å². The molecule has 0 radical (unpaired) electrons. The summed E-state index contributed by atoms with van der Waals surface area (Å²) in [7, 11) is 0. The van der Waals surface area contributed by atoms with Gasteiger partial charge in [0.15, 0.2) is 0 Å². The van der Waals surface area contributed by atoms with E-state index < -0.39 is 0 Å². The molecule has 0 N–H and O–H groups in total. The molecule has 0 aromatic carbocycles. The van der Waals surface area contributed by atoms with Gasteiger partial charge in [0.1, 0.15) is 0 Å². The molecule has 20 heavy (non-hydrogen) atoms. The molecule has 2 heteroatoms. The first-order valence-electron chi connectivity index (χ1n) is 8.51. The lowest BCUT2D eigenvalue weighted by Crippen LogP contribution is -2.26. The molecule has 0 spiro atoms. The minimum Gasteiger partial charge on any atom is -0.342 e. The maximum atomic E-state index is 11.7. The fraction of sp³-hybridized carbons (Fsp3) is 0.778. The fourth-order valence-electron chi connectivity index (χ4n) is 2.61. The van der Waals surface area contributed by atoms with Crippen molar-refractivity contribution in [2.75, 3.05) is 13.1 Å². The predicted octanol–water partition coefficient (Wildman–Crippen LogP) is 4.85. The van der Waals surface area contributed by atoms with Crippen molar-refractivity contribution < 1.29 is 4.79 Å². The van der Waals surface area contributed by atoms with Crippen LogP contribution < -0.4 is 0 Å². The van der Waals surface area contributed by atoms with E-state index in [1.165, 1.54) is 57.8 Å². The summed E-state index contributed by atoms with van der Waals surface area (Å²) >= 11 is 0. The van der Waals surface area contributed by atoms with Gasteiger partial charge in [0.25, 0.3) is 0 Å². The van der Waals surface area contributed by atoms with E-state index in [-0.39, 0.29) is 5.91 Å². The van der Waals surface area contributed by atoms with Crippen molar-refractivity contribution in [1.29, 1.82) is 0 Å². The Balaban J connectivity index is 1.95. The topological polar surface area (TPSA) is 20.3 Å². The minimum absolute atomic E-state index is 0.263. The molecule has 114 valence electrons. The van der Waals surface area contributed by atoms with Gasteiger partial charge in [0, 0.05) is 13.1 Å². The maximum absolute atomic E-state index is 11.7. The number of likely N-dealkylation sites (tertiary alicyclic amines) is 1. The minimum atomic E-state index is 0.263. The van der Waals surface area contributed by atoms with Crippen LogP contribution in [0, 0.1) is 0 Å². The predicted molar refractivity (Wildman–Crippen MR) is 85.7 cm³/mol. The summed E-state index contributed by atoms with van der Waals surface area (Å²) in [5.41, 5.74) is 3.15. The van der Waals surface area contributed by atoms with E-state index in [1.807, 2.05) is 11.0 Å². The number of hydrogen-bond donors (Lipinski definition) is 0. The summed E-state index contributed by atoms with van der Waals surface area (Å²) in [6.07, 6.45) is 17.4. The Bertz CT molecular complexity index is 309. The second-order valence-electron chi connectivity index (χ2n) is 5.78. The lowest BCUT2D eigenvalue weighted by atomic mass is 10.1. The smallest absolute Gasteiger partial charge is 0.227 e. The second-order valence-corrected chi connectivity index (χ2v) is 5.78. The van der Waals surface area contributed by atoms with Crippen molar-refractivity contribution in [2.45, 2.75) is 77.6 Å². The average Bonchev–Trinajstić information content (AvgIpc) is 2.99. The summed E-state index contributed by atoms with van der Waals surface area (Å²) in [6, 6.07) is 0. The van der Waals surface area contributed by atoms with Gasteiger partial charge in [0.05, 0.1) is 6.42 Å². The Hall–Kier alpha value is -1.01. The third-order valence-corrected chi connectivity index (χ3v) is 3.92. The SMILES string of the molecule is CCCCCCCCCC=C=CCC(=O)N1CCCC1. The Morgan fingerprint density at radius 3 is 2.35 bits per heavy atom. The molecular weight excluding hydrogens is 246 g/mol. The zero-order valence-electron chi connectivity index (χ0n) is 13.2. The first-order chi connectivity index (χ1) is 9.84. The summed E-state index contributed by atoms with van der Waals surface area (Å²) in [6.45, 7) is 4.16. The van der Waals surface area contributed by atoms with Crippen molar-refractivity contribution in [2.24, 2.45) is 0 Å². The van der Waals surface area contributed by atoms with Crippen molar-refractivity contribution in [3.05, 3.63) is 17.9 Å². The van der Waals surface area contributed by atoms with Gasteiger partial charge in [0.2, 0.25) is 5.91 Å². The third kappa shape index (κ3) is 8.22. The van der Waals surface area contributed by atoms with Gasteiger partial charge in [-0.1, -0.05) is 45.4 Å². The normalized spacial score (nSPS) is 14.2. The van der Waals surface area contributed by atoms with Crippen LogP contribution in [0.2, 0.25) is 0 Å². The average molecular weight is 277 g/mol. The zero-order valence-corrected chi connectivity index (χ0v) is 13.2. The Morgan fingerprint density at radius 1 is 1.00 bits per heavy atom. The first kappa shape index (κ1) is 17.0. The molecular formula is C18H31NO. The van der Waals surface area contributed by atoms with Gasteiger partial charge in [-0.15, -0.1) is 5.73 Å². The highest BCUT2D eigenvalue weighted by Crippen LogP contribution is 2.09. The van der Waals surface area contributed by atoms with Gasteiger partial charge in [-0.05, 0) is 37.8 Å². The number of carbonyl (C=O) groups is 1. The van der Waals surface area contributed by atoms with Gasteiger partial charge in [-0.25, -0.2) is 0 Å². The van der Waals surface area contributed by atoms with Crippen LogP contribution in [0.1, 0.15) is 77.6 Å². The summed E-state index contributed by atoms with van der Waals surface area (Å²) in [5.74, 6) is 0.263. The van der Waals surface area contributed by atoms with Crippen LogP contribution in [0.4, 0.5) is 0 Å². The zero-order chi connectivity index (χ0) is 14.5. The standard InChI is InChI=1S/C18H31NO/c1-2-3-4-5-6-7-8-9-10-11-12-15-18(20)19-16-13-14-17-19/h10,12H,2-9,13-17H2,1H3. The molecule has 1 fully saturated rings. The lowest BCUT2D eigenvalue weighted by molar-refractivity contribution is -0.129. The van der Waals surface area contributed by atoms with Crippen molar-refractivity contribution in [3.63, 3.8) is 0 Å². The summed E-state index contributed by atoms with van der Waals surface area (Å²) in [4.78, 5) is 13.7. The quantitative estimate of drug-likeness (QED) is 0.413. The van der Waals surface area contributed by atoms with Crippen LogP contribution >= 0.6 is 0 Å². The molecule has 0 saturated carbocycles. The molecule has 0 atom stereocenters. The van der Waals surface area contributed by atoms with Crippen LogP contribution in [0.5, 0.6) is 0 Å². The van der Waals surface area contributed by atoms with Crippen LogP contribution in [0.15, 0.2) is 17.9 Å². The monoisotopic (exact) mass is 277 g/mol. The van der Waals surface area contributed by atoms with E-state index in [0.717, 1.165) is 19.5 Å². The van der Waals surface area contributed by atoms with Crippen LogP contribution in [-0.2, 0) is 4.79 Å². The molecule has 0 aromatic rings. The maximum Gasteiger partial charge on any atom is 0.227 e. The van der Waals surface area contributed by atoms with E-state index in [0.29, 0.717) is 6.42 Å². The van der Waals surface area contributed by atoms with E-state index >= 15 is 0 Å². The highest BCUT2D eigenvalue weighted by atomic mass is 16.2. The Labute approximate surface area is 124 Å². The Morgan fingerprint density at radius 2 is 1.65 bits per heavy atom. The molecule has 1 amide bonds. The van der Waals surface area contributed by atoms with E-state index in [4.69, 9.17) is 0 Å². The molecule has 1 aliphatic heterocycles. The summed E-state index contributed by atoms with van der Waals surface area (Å²) in [5, 5.41) is 0. The molecule has 0 aliphatic carbocycles. The highest BCUT2D eigenvalue weighted by molar-refractivity contribution is 5.77. The van der Waals surface area contributed by atoms with Gasteiger partial charge in [-0.3, -0.25) is 4.79 Å². The number of nitrogens with zero attached hydrogens (tertiary/aromatic N) is 1. The third-order valence-electron chi connectivity index (χ3n) is 3.92. The van der Waals surface area contributed by atoms with E-state index in [9.17, 15) is 4.79 Å².